The number of hydrogen-bond donors (Lipinski definition) is 0. The Balaban J connectivity index is 2.03. The van der Waals surface area contributed by atoms with Gasteiger partial charge in [0.2, 0.25) is 0 Å². The second kappa shape index (κ2) is 4.89. The Morgan fingerprint density at radius 1 is 1.13 bits per heavy atom. The van der Waals surface area contributed by atoms with Crippen LogP contribution in [-0.2, 0) is 6.61 Å². The number of halogens is 1. The van der Waals surface area contributed by atoms with E-state index in [1.807, 2.05) is 24.3 Å². The van der Waals surface area contributed by atoms with Crippen LogP contribution in [0.4, 0.5) is 0 Å². The Morgan fingerprint density at radius 2 is 1.93 bits per heavy atom. The molecule has 15 heavy (non-hydrogen) atoms. The average molecular weight is 265 g/mol. The number of rotatable bonds is 3. The first-order valence-corrected chi connectivity index (χ1v) is 5.28. The van der Waals surface area contributed by atoms with Gasteiger partial charge in [0.15, 0.2) is 5.75 Å². The third-order valence-corrected chi connectivity index (χ3v) is 2.46. The summed E-state index contributed by atoms with van der Waals surface area (Å²) in [6.45, 7) is 0.521. The fraction of sp³-hybridized carbons (Fsp3) is 0.0909. The Bertz CT molecular complexity index is 434. The van der Waals surface area contributed by atoms with E-state index in [4.69, 9.17) is 4.74 Å². The Labute approximate surface area is 96.3 Å². The van der Waals surface area contributed by atoms with Crippen molar-refractivity contribution in [1.82, 2.24) is 9.97 Å². The molecule has 2 heterocycles. The van der Waals surface area contributed by atoms with E-state index in [0.717, 1.165) is 15.9 Å². The van der Waals surface area contributed by atoms with Gasteiger partial charge in [-0.2, -0.15) is 0 Å². The summed E-state index contributed by atoms with van der Waals surface area (Å²) in [6.07, 6.45) is 5.21. The molecule has 0 saturated heterocycles. The molecule has 0 N–H and O–H groups in total. The molecule has 0 aliphatic heterocycles. The van der Waals surface area contributed by atoms with Crippen LogP contribution in [0.15, 0.2) is 47.5 Å². The minimum atomic E-state index is 0.521. The molecule has 0 atom stereocenters. The first-order valence-electron chi connectivity index (χ1n) is 4.48. The molecule has 76 valence electrons. The van der Waals surface area contributed by atoms with Crippen molar-refractivity contribution in [2.45, 2.75) is 6.61 Å². The van der Waals surface area contributed by atoms with Gasteiger partial charge in [-0.1, -0.05) is 0 Å². The Morgan fingerprint density at radius 3 is 2.67 bits per heavy atom. The average Bonchev–Trinajstić information content (AvgIpc) is 2.29. The molecule has 0 aliphatic rings. The van der Waals surface area contributed by atoms with Crippen LogP contribution in [0.2, 0.25) is 0 Å². The minimum absolute atomic E-state index is 0.521. The summed E-state index contributed by atoms with van der Waals surface area (Å²) in [4.78, 5) is 8.01. The van der Waals surface area contributed by atoms with E-state index in [0.29, 0.717) is 6.61 Å². The maximum atomic E-state index is 5.59. The van der Waals surface area contributed by atoms with Gasteiger partial charge in [-0.15, -0.1) is 0 Å². The van der Waals surface area contributed by atoms with Crippen LogP contribution in [0.1, 0.15) is 5.56 Å². The highest BCUT2D eigenvalue weighted by Gasteiger charge is 2.00. The zero-order valence-electron chi connectivity index (χ0n) is 7.93. The first-order chi connectivity index (χ1) is 7.36. The van der Waals surface area contributed by atoms with Gasteiger partial charge in [-0.3, -0.25) is 4.98 Å². The molecular weight excluding hydrogens is 256 g/mol. The lowest BCUT2D eigenvalue weighted by Gasteiger charge is -2.06. The summed E-state index contributed by atoms with van der Waals surface area (Å²) in [5.41, 5.74) is 1.08. The molecular formula is C11H9BrN2O. The van der Waals surface area contributed by atoms with Crippen molar-refractivity contribution in [2.75, 3.05) is 0 Å². The monoisotopic (exact) mass is 264 g/mol. The number of pyridine rings is 2. The van der Waals surface area contributed by atoms with Gasteiger partial charge in [0.05, 0.1) is 0 Å². The van der Waals surface area contributed by atoms with Crippen LogP contribution in [0, 0.1) is 0 Å². The zero-order chi connectivity index (χ0) is 10.5. The van der Waals surface area contributed by atoms with Gasteiger partial charge in [0.1, 0.15) is 11.2 Å². The molecule has 2 aromatic heterocycles. The van der Waals surface area contributed by atoms with Crippen molar-refractivity contribution in [3.8, 4) is 5.75 Å². The van der Waals surface area contributed by atoms with Crippen molar-refractivity contribution in [3.63, 3.8) is 0 Å². The van der Waals surface area contributed by atoms with Crippen molar-refractivity contribution in [2.24, 2.45) is 0 Å². The highest BCUT2D eigenvalue weighted by atomic mass is 79.9. The minimum Gasteiger partial charge on any atom is -0.486 e. The fourth-order valence-electron chi connectivity index (χ4n) is 1.12. The predicted molar refractivity (Wildman–Crippen MR) is 60.5 cm³/mol. The molecule has 0 saturated carbocycles. The number of nitrogens with zero attached hydrogens (tertiary/aromatic N) is 2. The summed E-state index contributed by atoms with van der Waals surface area (Å²) in [5, 5.41) is 0. The zero-order valence-corrected chi connectivity index (χ0v) is 9.52. The van der Waals surface area contributed by atoms with Crippen molar-refractivity contribution >= 4 is 15.9 Å². The van der Waals surface area contributed by atoms with Gasteiger partial charge in [-0.25, -0.2) is 4.98 Å². The molecule has 3 nitrogen and oxygen atoms in total. The molecule has 0 unspecified atom stereocenters. The number of ether oxygens (including phenoxy) is 1. The van der Waals surface area contributed by atoms with Gasteiger partial charge >= 0.3 is 0 Å². The van der Waals surface area contributed by atoms with Crippen LogP contribution in [0.3, 0.4) is 0 Å². The largest absolute Gasteiger partial charge is 0.486 e. The Kier molecular flexibility index (Phi) is 3.29. The molecule has 2 aromatic rings. The normalized spacial score (nSPS) is 9.93. The van der Waals surface area contributed by atoms with E-state index in [-0.39, 0.29) is 0 Å². The van der Waals surface area contributed by atoms with E-state index in [9.17, 15) is 0 Å². The summed E-state index contributed by atoms with van der Waals surface area (Å²) in [6, 6.07) is 7.56. The van der Waals surface area contributed by atoms with Crippen LogP contribution < -0.4 is 4.74 Å². The highest BCUT2D eigenvalue weighted by molar-refractivity contribution is 9.10. The molecule has 2 rings (SSSR count). The van der Waals surface area contributed by atoms with E-state index < -0.39 is 0 Å². The van der Waals surface area contributed by atoms with E-state index in [1.165, 1.54) is 0 Å². The van der Waals surface area contributed by atoms with Gasteiger partial charge < -0.3 is 4.74 Å². The highest BCUT2D eigenvalue weighted by Crippen LogP contribution is 2.21. The van der Waals surface area contributed by atoms with Crippen LogP contribution >= 0.6 is 15.9 Å². The molecule has 0 spiro atoms. The summed E-state index contributed by atoms with van der Waals surface area (Å²) in [7, 11) is 0. The van der Waals surface area contributed by atoms with E-state index >= 15 is 0 Å². The second-order valence-electron chi connectivity index (χ2n) is 2.94. The van der Waals surface area contributed by atoms with Crippen LogP contribution in [0.25, 0.3) is 0 Å². The molecule has 0 radical (unpaired) electrons. The maximum Gasteiger partial charge on any atom is 0.152 e. The second-order valence-corrected chi connectivity index (χ2v) is 3.69. The topological polar surface area (TPSA) is 35.0 Å². The molecule has 0 fully saturated rings. The molecule has 0 aliphatic carbocycles. The van der Waals surface area contributed by atoms with Gasteiger partial charge in [-0.05, 0) is 45.8 Å². The fourth-order valence-corrected chi connectivity index (χ4v) is 1.48. The molecule has 0 bridgehead atoms. The van der Waals surface area contributed by atoms with Crippen molar-refractivity contribution in [1.29, 1.82) is 0 Å². The van der Waals surface area contributed by atoms with Crippen molar-refractivity contribution in [3.05, 3.63) is 53.0 Å². The summed E-state index contributed by atoms with van der Waals surface area (Å²) >= 11 is 3.32. The summed E-state index contributed by atoms with van der Waals surface area (Å²) in [5.74, 6) is 0.745. The molecule has 4 heteroatoms. The lowest BCUT2D eigenvalue weighted by atomic mass is 10.3. The van der Waals surface area contributed by atoms with E-state index in [1.54, 1.807) is 18.6 Å². The lowest BCUT2D eigenvalue weighted by molar-refractivity contribution is 0.302. The third kappa shape index (κ3) is 2.76. The maximum absolute atomic E-state index is 5.59. The molecule has 0 amide bonds. The number of hydrogen-bond acceptors (Lipinski definition) is 3. The summed E-state index contributed by atoms with van der Waals surface area (Å²) < 4.78 is 6.31. The smallest absolute Gasteiger partial charge is 0.152 e. The van der Waals surface area contributed by atoms with Gasteiger partial charge in [0.25, 0.3) is 0 Å². The standard InChI is InChI=1S/C11H9BrN2O/c12-11-10(2-1-5-14-11)15-8-9-3-6-13-7-4-9/h1-7H,8H2. The predicted octanol–water partition coefficient (Wildman–Crippen LogP) is 2.82. The van der Waals surface area contributed by atoms with Gasteiger partial charge in [0, 0.05) is 18.6 Å². The third-order valence-electron chi connectivity index (χ3n) is 1.87. The SMILES string of the molecule is Brc1ncccc1OCc1ccncc1. The quantitative estimate of drug-likeness (QED) is 0.800. The van der Waals surface area contributed by atoms with E-state index in [2.05, 4.69) is 25.9 Å². The first kappa shape index (κ1) is 10.1. The van der Waals surface area contributed by atoms with Crippen molar-refractivity contribution < 1.29 is 4.74 Å². The lowest BCUT2D eigenvalue weighted by Crippen LogP contribution is -1.96. The van der Waals surface area contributed by atoms with Crippen LogP contribution in [-0.4, -0.2) is 9.97 Å². The molecule has 0 aromatic carbocycles. The Hall–Kier alpha value is -1.42. The number of aromatic nitrogens is 2. The van der Waals surface area contributed by atoms with Crippen LogP contribution in [0.5, 0.6) is 5.75 Å².